The zero-order valence-electron chi connectivity index (χ0n) is 15.7. The highest BCUT2D eigenvalue weighted by Crippen LogP contribution is 2.33. The molecule has 5 heteroatoms. The van der Waals surface area contributed by atoms with Crippen LogP contribution in [0.15, 0.2) is 73.1 Å². The molecule has 4 rings (SSSR count). The van der Waals surface area contributed by atoms with Crippen LogP contribution in [0.3, 0.4) is 0 Å². The lowest BCUT2D eigenvalue weighted by molar-refractivity contribution is 0.242. The summed E-state index contributed by atoms with van der Waals surface area (Å²) in [5.41, 5.74) is 4.34. The van der Waals surface area contributed by atoms with Gasteiger partial charge in [-0.25, -0.2) is 9.37 Å². The van der Waals surface area contributed by atoms with Crippen LogP contribution in [0, 0.1) is 5.82 Å². The van der Waals surface area contributed by atoms with E-state index < -0.39 is 0 Å². The maximum Gasteiger partial charge on any atom is 0.138 e. The highest BCUT2D eigenvalue weighted by atomic mass is 19.1. The number of ether oxygens (including phenoxy) is 1. The molecule has 0 aliphatic carbocycles. The average Bonchev–Trinajstić information content (AvgIpc) is 3.14. The number of H-pyrrole nitrogens is 1. The van der Waals surface area contributed by atoms with E-state index >= 15 is 0 Å². The van der Waals surface area contributed by atoms with E-state index in [1.54, 1.807) is 24.5 Å². The van der Waals surface area contributed by atoms with E-state index in [9.17, 15) is 4.39 Å². The van der Waals surface area contributed by atoms with E-state index in [0.717, 1.165) is 39.7 Å². The fourth-order valence-corrected chi connectivity index (χ4v) is 3.04. The molecule has 0 amide bonds. The summed E-state index contributed by atoms with van der Waals surface area (Å²) in [5.74, 6) is 1.24. The number of nitrogens with one attached hydrogen (secondary N) is 1. The van der Waals surface area contributed by atoms with Crippen LogP contribution in [0.25, 0.3) is 33.9 Å². The third-order valence-electron chi connectivity index (χ3n) is 4.27. The molecule has 0 atom stereocenters. The van der Waals surface area contributed by atoms with Crippen molar-refractivity contribution in [1.82, 2.24) is 15.0 Å². The minimum absolute atomic E-state index is 0.0917. The van der Waals surface area contributed by atoms with Gasteiger partial charge in [0.1, 0.15) is 17.4 Å². The highest BCUT2D eigenvalue weighted by molar-refractivity contribution is 5.81. The summed E-state index contributed by atoms with van der Waals surface area (Å²) in [7, 11) is 0. The van der Waals surface area contributed by atoms with E-state index in [0.29, 0.717) is 0 Å². The van der Waals surface area contributed by atoms with Crippen LogP contribution in [0.2, 0.25) is 0 Å². The van der Waals surface area contributed by atoms with Crippen molar-refractivity contribution in [2.24, 2.45) is 0 Å². The van der Waals surface area contributed by atoms with Crippen LogP contribution in [-0.4, -0.2) is 21.1 Å². The molecule has 0 saturated heterocycles. The molecule has 2 aromatic heterocycles. The molecule has 4 aromatic rings. The smallest absolute Gasteiger partial charge is 0.138 e. The van der Waals surface area contributed by atoms with Gasteiger partial charge in [0.05, 0.1) is 17.5 Å². The maximum absolute atomic E-state index is 13.4. The van der Waals surface area contributed by atoms with Crippen molar-refractivity contribution < 1.29 is 9.13 Å². The Kier molecular flexibility index (Phi) is 4.89. The van der Waals surface area contributed by atoms with Crippen molar-refractivity contribution in [2.75, 3.05) is 0 Å². The van der Waals surface area contributed by atoms with Gasteiger partial charge < -0.3 is 9.72 Å². The average molecular weight is 373 g/mol. The Labute approximate surface area is 163 Å². The zero-order valence-corrected chi connectivity index (χ0v) is 15.7. The van der Waals surface area contributed by atoms with E-state index in [1.807, 2.05) is 50.2 Å². The predicted octanol–water partition coefficient (Wildman–Crippen LogP) is 5.73. The standard InChI is InChI=1S/C23H20FN3O/c1-15(2)28-20-5-3-4-18(14-20)23-26-21(16-6-8-19(24)9-7-16)22(27-23)17-10-12-25-13-11-17/h3-15H,1-2H3,(H,26,27). The van der Waals surface area contributed by atoms with Gasteiger partial charge in [0.25, 0.3) is 0 Å². The second-order valence-electron chi connectivity index (χ2n) is 6.75. The van der Waals surface area contributed by atoms with Crippen molar-refractivity contribution in [3.8, 4) is 39.7 Å². The van der Waals surface area contributed by atoms with Gasteiger partial charge in [-0.05, 0) is 62.4 Å². The second-order valence-corrected chi connectivity index (χ2v) is 6.75. The molecule has 0 bridgehead atoms. The van der Waals surface area contributed by atoms with Gasteiger partial charge in [-0.2, -0.15) is 0 Å². The fraction of sp³-hybridized carbons (Fsp3) is 0.130. The largest absolute Gasteiger partial charge is 0.491 e. The fourth-order valence-electron chi connectivity index (χ4n) is 3.04. The van der Waals surface area contributed by atoms with Crippen molar-refractivity contribution in [3.63, 3.8) is 0 Å². The molecule has 0 fully saturated rings. The monoisotopic (exact) mass is 373 g/mol. The molecule has 2 heterocycles. The van der Waals surface area contributed by atoms with Gasteiger partial charge in [-0.15, -0.1) is 0 Å². The number of nitrogens with zero attached hydrogens (tertiary/aromatic N) is 2. The third kappa shape index (κ3) is 3.78. The summed E-state index contributed by atoms with van der Waals surface area (Å²) in [6.07, 6.45) is 3.57. The Hall–Kier alpha value is -3.47. The number of halogens is 1. The first-order valence-corrected chi connectivity index (χ1v) is 9.13. The lowest BCUT2D eigenvalue weighted by Crippen LogP contribution is -2.05. The lowest BCUT2D eigenvalue weighted by atomic mass is 10.1. The molecule has 0 saturated carbocycles. The topological polar surface area (TPSA) is 50.8 Å². The van der Waals surface area contributed by atoms with E-state index in [1.165, 1.54) is 12.1 Å². The maximum atomic E-state index is 13.4. The van der Waals surface area contributed by atoms with Crippen LogP contribution in [0.5, 0.6) is 5.75 Å². The number of aromatic amines is 1. The molecular formula is C23H20FN3O. The van der Waals surface area contributed by atoms with Crippen LogP contribution >= 0.6 is 0 Å². The molecule has 0 aliphatic heterocycles. The number of benzene rings is 2. The summed E-state index contributed by atoms with van der Waals surface area (Å²) in [6.45, 7) is 3.99. The Bertz CT molecular complexity index is 1070. The summed E-state index contributed by atoms with van der Waals surface area (Å²) in [5, 5.41) is 0. The summed E-state index contributed by atoms with van der Waals surface area (Å²) >= 11 is 0. The number of aromatic nitrogens is 3. The van der Waals surface area contributed by atoms with E-state index in [-0.39, 0.29) is 11.9 Å². The normalized spacial score (nSPS) is 11.0. The molecule has 1 N–H and O–H groups in total. The van der Waals surface area contributed by atoms with Gasteiger partial charge >= 0.3 is 0 Å². The van der Waals surface area contributed by atoms with E-state index in [4.69, 9.17) is 9.72 Å². The quantitative estimate of drug-likeness (QED) is 0.486. The molecule has 4 nitrogen and oxygen atoms in total. The zero-order chi connectivity index (χ0) is 19.5. The molecule has 0 aliphatic rings. The first kappa shape index (κ1) is 17.9. The molecule has 0 spiro atoms. The minimum atomic E-state index is -0.275. The summed E-state index contributed by atoms with van der Waals surface area (Å²) in [4.78, 5) is 12.3. The van der Waals surface area contributed by atoms with Crippen molar-refractivity contribution in [1.29, 1.82) is 0 Å². The highest BCUT2D eigenvalue weighted by Gasteiger charge is 2.16. The van der Waals surface area contributed by atoms with Gasteiger partial charge in [-0.3, -0.25) is 4.98 Å². The minimum Gasteiger partial charge on any atom is -0.491 e. The Morgan fingerprint density at radius 2 is 1.64 bits per heavy atom. The first-order valence-electron chi connectivity index (χ1n) is 9.13. The van der Waals surface area contributed by atoms with Gasteiger partial charge in [0, 0.05) is 29.1 Å². The van der Waals surface area contributed by atoms with Crippen LogP contribution in [0.4, 0.5) is 4.39 Å². The summed E-state index contributed by atoms with van der Waals surface area (Å²) in [6, 6.07) is 18.0. The van der Waals surface area contributed by atoms with Crippen molar-refractivity contribution in [3.05, 3.63) is 78.9 Å². The molecule has 28 heavy (non-hydrogen) atoms. The Morgan fingerprint density at radius 3 is 2.36 bits per heavy atom. The SMILES string of the molecule is CC(C)Oc1cccc(-c2nc(-c3ccc(F)cc3)c(-c3ccncc3)[nH]2)c1. The molecular weight excluding hydrogens is 353 g/mol. The Morgan fingerprint density at radius 1 is 0.893 bits per heavy atom. The van der Waals surface area contributed by atoms with E-state index in [2.05, 4.69) is 9.97 Å². The number of hydrogen-bond acceptors (Lipinski definition) is 3. The number of imidazole rings is 1. The van der Waals surface area contributed by atoms with Crippen LogP contribution < -0.4 is 4.74 Å². The van der Waals surface area contributed by atoms with Gasteiger partial charge in [0.15, 0.2) is 0 Å². The van der Waals surface area contributed by atoms with Gasteiger partial charge in [0.2, 0.25) is 0 Å². The lowest BCUT2D eigenvalue weighted by Gasteiger charge is -2.10. The van der Waals surface area contributed by atoms with Crippen LogP contribution in [-0.2, 0) is 0 Å². The molecule has 2 aromatic carbocycles. The summed E-state index contributed by atoms with van der Waals surface area (Å²) < 4.78 is 19.2. The van der Waals surface area contributed by atoms with Gasteiger partial charge in [-0.1, -0.05) is 12.1 Å². The third-order valence-corrected chi connectivity index (χ3v) is 4.27. The number of pyridine rings is 1. The molecule has 140 valence electrons. The number of rotatable bonds is 5. The van der Waals surface area contributed by atoms with Crippen LogP contribution in [0.1, 0.15) is 13.8 Å². The molecule has 0 unspecified atom stereocenters. The predicted molar refractivity (Wildman–Crippen MR) is 108 cm³/mol. The second kappa shape index (κ2) is 7.64. The number of hydrogen-bond donors (Lipinski definition) is 1. The molecule has 0 radical (unpaired) electrons. The Balaban J connectivity index is 1.83. The first-order chi connectivity index (χ1) is 13.6. The van der Waals surface area contributed by atoms with Crippen molar-refractivity contribution in [2.45, 2.75) is 20.0 Å². The van der Waals surface area contributed by atoms with Crippen molar-refractivity contribution >= 4 is 0 Å².